The van der Waals surface area contributed by atoms with Crippen LogP contribution in [0.15, 0.2) is 6.20 Å². The van der Waals surface area contributed by atoms with E-state index in [0.717, 1.165) is 4.68 Å². The molecule has 1 aromatic rings. The summed E-state index contributed by atoms with van der Waals surface area (Å²) in [5.74, 6) is 0.147. The molecule has 0 aliphatic carbocycles. The predicted molar refractivity (Wildman–Crippen MR) is 93.5 cm³/mol. The van der Waals surface area contributed by atoms with Gasteiger partial charge in [-0.2, -0.15) is 5.10 Å². The second-order valence-corrected chi connectivity index (χ2v) is 8.83. The molecular weight excluding hydrogens is 368 g/mol. The van der Waals surface area contributed by atoms with Gasteiger partial charge in [-0.15, -0.1) is 0 Å². The lowest BCUT2D eigenvalue weighted by Gasteiger charge is -2.32. The van der Waals surface area contributed by atoms with Crippen molar-refractivity contribution in [2.24, 2.45) is 13.0 Å². The number of amides is 2. The molecule has 1 aliphatic heterocycles. The smallest absolute Gasteiger partial charge is 0.319 e. The normalized spacial score (nSPS) is 17.0. The van der Waals surface area contributed by atoms with Crippen LogP contribution in [0.3, 0.4) is 0 Å². The van der Waals surface area contributed by atoms with Crippen LogP contribution >= 0.6 is 0 Å². The largest absolute Gasteiger partial charge is 0.335 e. The van der Waals surface area contributed by atoms with E-state index < -0.39 is 22.5 Å². The first-order valence-electron chi connectivity index (χ1n) is 8.45. The van der Waals surface area contributed by atoms with E-state index in [2.05, 4.69) is 15.7 Å². The lowest BCUT2D eigenvalue weighted by molar-refractivity contribution is 0.141. The van der Waals surface area contributed by atoms with E-state index in [-0.39, 0.29) is 29.1 Å². The lowest BCUT2D eigenvalue weighted by Crippen LogP contribution is -2.48. The summed E-state index contributed by atoms with van der Waals surface area (Å²) in [5.41, 5.74) is -0.410. The molecule has 2 N–H and O–H groups in total. The van der Waals surface area contributed by atoms with Crippen LogP contribution in [0, 0.1) is 5.92 Å². The molecule has 2 amide bonds. The van der Waals surface area contributed by atoms with Gasteiger partial charge in [0.1, 0.15) is 5.69 Å². The van der Waals surface area contributed by atoms with Gasteiger partial charge in [-0.05, 0) is 18.8 Å². The van der Waals surface area contributed by atoms with Crippen LogP contribution in [0.1, 0.15) is 38.8 Å². The number of nitrogens with zero attached hydrogens (tertiary/aromatic N) is 3. The summed E-state index contributed by atoms with van der Waals surface area (Å²) in [7, 11) is -1.91. The molecule has 8 nitrogen and oxygen atoms in total. The van der Waals surface area contributed by atoms with Crippen molar-refractivity contribution >= 4 is 21.7 Å². The number of hydrogen-bond acceptors (Lipinski definition) is 4. The number of aryl methyl sites for hydroxylation is 1. The number of nitrogens with one attached hydrogen (secondary N) is 2. The minimum absolute atomic E-state index is 0.0445. The zero-order valence-corrected chi connectivity index (χ0v) is 15.9. The SMILES string of the molecule is CC(C)CS(=O)(=O)N1CCC(NC(=O)Nc2cnn(C)c2C(F)F)CC1. The summed E-state index contributed by atoms with van der Waals surface area (Å²) < 4.78 is 52.8. The topological polar surface area (TPSA) is 96.3 Å². The molecule has 0 radical (unpaired) electrons. The maximum Gasteiger partial charge on any atom is 0.319 e. The highest BCUT2D eigenvalue weighted by molar-refractivity contribution is 7.89. The average Bonchev–Trinajstić information content (AvgIpc) is 2.87. The number of sulfonamides is 1. The Labute approximate surface area is 152 Å². The summed E-state index contributed by atoms with van der Waals surface area (Å²) in [6.45, 7) is 4.36. The fraction of sp³-hybridized carbons (Fsp3) is 0.733. The number of carbonyl (C=O) groups excluding carboxylic acids is 1. The number of aromatic nitrogens is 2. The predicted octanol–water partition coefficient (Wildman–Crippen LogP) is 1.93. The number of rotatable bonds is 6. The van der Waals surface area contributed by atoms with E-state index in [1.165, 1.54) is 17.5 Å². The van der Waals surface area contributed by atoms with Crippen molar-refractivity contribution in [3.05, 3.63) is 11.9 Å². The zero-order valence-electron chi connectivity index (χ0n) is 15.1. The highest BCUT2D eigenvalue weighted by Gasteiger charge is 2.29. The molecule has 1 fully saturated rings. The average molecular weight is 393 g/mol. The van der Waals surface area contributed by atoms with Crippen molar-refractivity contribution in [1.29, 1.82) is 0 Å². The minimum atomic E-state index is -3.28. The fourth-order valence-electron chi connectivity index (χ4n) is 2.95. The Morgan fingerprint density at radius 2 is 1.96 bits per heavy atom. The summed E-state index contributed by atoms with van der Waals surface area (Å²) in [6, 6.07) is -0.824. The molecule has 1 saturated heterocycles. The summed E-state index contributed by atoms with van der Waals surface area (Å²) in [6.07, 6.45) is -0.645. The molecule has 1 aliphatic rings. The molecule has 0 bridgehead atoms. The Balaban J connectivity index is 1.87. The maximum absolute atomic E-state index is 13.0. The second kappa shape index (κ2) is 8.30. The van der Waals surface area contributed by atoms with Crippen molar-refractivity contribution in [2.45, 2.75) is 39.2 Å². The van der Waals surface area contributed by atoms with E-state index in [9.17, 15) is 22.0 Å². The number of hydrogen-bond donors (Lipinski definition) is 2. The Bertz CT molecular complexity index is 728. The molecule has 0 saturated carbocycles. The quantitative estimate of drug-likeness (QED) is 0.772. The molecule has 0 atom stereocenters. The molecule has 2 heterocycles. The molecule has 148 valence electrons. The highest BCUT2D eigenvalue weighted by Crippen LogP contribution is 2.26. The van der Waals surface area contributed by atoms with Gasteiger partial charge in [0.25, 0.3) is 6.43 Å². The number of carbonyl (C=O) groups is 1. The van der Waals surface area contributed by atoms with Gasteiger partial charge in [-0.25, -0.2) is 26.3 Å². The number of urea groups is 1. The molecule has 0 aromatic carbocycles. The van der Waals surface area contributed by atoms with Crippen molar-refractivity contribution in [3.63, 3.8) is 0 Å². The highest BCUT2D eigenvalue weighted by atomic mass is 32.2. The van der Waals surface area contributed by atoms with Crippen molar-refractivity contribution in [1.82, 2.24) is 19.4 Å². The molecule has 2 rings (SSSR count). The molecule has 0 spiro atoms. The monoisotopic (exact) mass is 393 g/mol. The third kappa shape index (κ3) is 5.13. The van der Waals surface area contributed by atoms with Crippen molar-refractivity contribution in [2.75, 3.05) is 24.2 Å². The Morgan fingerprint density at radius 1 is 1.35 bits per heavy atom. The second-order valence-electron chi connectivity index (χ2n) is 6.81. The van der Waals surface area contributed by atoms with Crippen molar-refractivity contribution < 1.29 is 22.0 Å². The van der Waals surface area contributed by atoms with Gasteiger partial charge in [-0.1, -0.05) is 13.8 Å². The van der Waals surface area contributed by atoms with E-state index in [1.54, 1.807) is 0 Å². The molecule has 11 heteroatoms. The molecular formula is C15H25F2N5O3S. The Hall–Kier alpha value is -1.75. The van der Waals surface area contributed by atoms with Crippen molar-refractivity contribution in [3.8, 4) is 0 Å². The first kappa shape index (κ1) is 20.6. The van der Waals surface area contributed by atoms with E-state index in [4.69, 9.17) is 0 Å². The van der Waals surface area contributed by atoms with Gasteiger partial charge in [-0.3, -0.25) is 4.68 Å². The Kier molecular flexibility index (Phi) is 6.56. The van der Waals surface area contributed by atoms with Crippen LogP contribution in [-0.2, 0) is 17.1 Å². The van der Waals surface area contributed by atoms with Crippen LogP contribution in [0.2, 0.25) is 0 Å². The standard InChI is InChI=1S/C15H25F2N5O3S/c1-10(2)9-26(24,25)22-6-4-11(5-7-22)19-15(23)20-12-8-18-21(3)13(12)14(16)17/h8,10-11,14H,4-7,9H2,1-3H3,(H2,19,20,23). The molecule has 0 unspecified atom stereocenters. The summed E-state index contributed by atoms with van der Waals surface area (Å²) >= 11 is 0. The van der Waals surface area contributed by atoms with E-state index >= 15 is 0 Å². The third-order valence-corrected chi connectivity index (χ3v) is 6.41. The van der Waals surface area contributed by atoms with E-state index in [0.29, 0.717) is 25.9 Å². The number of anilines is 1. The lowest BCUT2D eigenvalue weighted by atomic mass is 10.1. The first-order chi connectivity index (χ1) is 12.1. The van der Waals surface area contributed by atoms with E-state index in [1.807, 2.05) is 13.8 Å². The van der Waals surface area contributed by atoms with Gasteiger partial charge in [0.15, 0.2) is 0 Å². The number of alkyl halides is 2. The van der Waals surface area contributed by atoms with Gasteiger partial charge in [0.2, 0.25) is 10.0 Å². The number of piperidine rings is 1. The van der Waals surface area contributed by atoms with Crippen LogP contribution < -0.4 is 10.6 Å². The molecule has 26 heavy (non-hydrogen) atoms. The minimum Gasteiger partial charge on any atom is -0.335 e. The molecule has 1 aromatic heterocycles. The van der Waals surface area contributed by atoms with Crippen LogP contribution in [0.5, 0.6) is 0 Å². The van der Waals surface area contributed by atoms with Crippen LogP contribution in [0.4, 0.5) is 19.3 Å². The van der Waals surface area contributed by atoms with Gasteiger partial charge in [0.05, 0.1) is 17.6 Å². The summed E-state index contributed by atoms with van der Waals surface area (Å²) in [5, 5.41) is 8.80. The van der Waals surface area contributed by atoms with Gasteiger partial charge < -0.3 is 10.6 Å². The Morgan fingerprint density at radius 3 is 2.50 bits per heavy atom. The third-order valence-electron chi connectivity index (χ3n) is 4.17. The zero-order chi connectivity index (χ0) is 19.5. The van der Waals surface area contributed by atoms with Gasteiger partial charge in [0, 0.05) is 26.2 Å². The van der Waals surface area contributed by atoms with Crippen LogP contribution in [-0.4, -0.2) is 53.4 Å². The maximum atomic E-state index is 13.0. The fourth-order valence-corrected chi connectivity index (χ4v) is 4.77. The summed E-state index contributed by atoms with van der Waals surface area (Å²) in [4.78, 5) is 12.1. The first-order valence-corrected chi connectivity index (χ1v) is 10.1. The number of halogens is 2. The van der Waals surface area contributed by atoms with Gasteiger partial charge >= 0.3 is 6.03 Å². The van der Waals surface area contributed by atoms with Crippen LogP contribution in [0.25, 0.3) is 0 Å².